The highest BCUT2D eigenvalue weighted by Crippen LogP contribution is 2.41. The average Bonchev–Trinajstić information content (AvgIpc) is 3.15. The van der Waals surface area contributed by atoms with Crippen LogP contribution in [0.3, 0.4) is 0 Å². The molecule has 8 nitrogen and oxygen atoms in total. The van der Waals surface area contributed by atoms with E-state index in [-0.39, 0.29) is 22.8 Å². The molecule has 2 heterocycles. The fourth-order valence-electron chi connectivity index (χ4n) is 4.58. The Kier molecular flexibility index (Phi) is 6.58. The highest BCUT2D eigenvalue weighted by atomic mass is 32.1. The van der Waals surface area contributed by atoms with E-state index in [0.29, 0.717) is 33.9 Å². The van der Waals surface area contributed by atoms with Crippen molar-refractivity contribution in [3.05, 3.63) is 45.1 Å². The second kappa shape index (κ2) is 9.29. The molecule has 180 valence electrons. The first-order valence-electron chi connectivity index (χ1n) is 11.7. The molecule has 0 spiro atoms. The van der Waals surface area contributed by atoms with E-state index in [1.54, 1.807) is 35.6 Å². The molecule has 0 fully saturated rings. The summed E-state index contributed by atoms with van der Waals surface area (Å²) in [5.41, 5.74) is 2.25. The van der Waals surface area contributed by atoms with Crippen LogP contribution in [0.5, 0.6) is 0 Å². The van der Waals surface area contributed by atoms with E-state index in [9.17, 15) is 14.4 Å². The van der Waals surface area contributed by atoms with Crippen LogP contribution in [0, 0.1) is 11.3 Å². The lowest BCUT2D eigenvalue weighted by Crippen LogP contribution is -2.35. The summed E-state index contributed by atoms with van der Waals surface area (Å²) in [6.45, 7) is 10.1. The van der Waals surface area contributed by atoms with E-state index in [1.807, 2.05) is 6.92 Å². The van der Waals surface area contributed by atoms with Crippen LogP contribution in [0.2, 0.25) is 0 Å². The molecule has 1 aliphatic rings. The standard InChI is InChI=1S/C25H31N5O3S/c1-6-19(22(32)27-17-10-8-16(9-11-17)26-14(2)31)30-24(33)21-18-12-7-15(25(3,4)5)13-20(18)34-23(21)28-29-30/h8-11,15,19H,6-7,12-13H2,1-5H3,(H,26,31)(H,27,32). The lowest BCUT2D eigenvalue weighted by Gasteiger charge is -2.33. The topological polar surface area (TPSA) is 106 Å². The molecule has 0 saturated heterocycles. The number of fused-ring (bicyclic) bond motifs is 3. The van der Waals surface area contributed by atoms with Gasteiger partial charge in [0, 0.05) is 23.2 Å². The van der Waals surface area contributed by atoms with Crippen molar-refractivity contribution in [2.75, 3.05) is 10.6 Å². The van der Waals surface area contributed by atoms with Gasteiger partial charge in [0.15, 0.2) is 4.83 Å². The van der Waals surface area contributed by atoms with E-state index in [0.717, 1.165) is 24.8 Å². The van der Waals surface area contributed by atoms with Gasteiger partial charge in [0.05, 0.1) is 5.39 Å². The molecule has 3 aromatic rings. The quantitative estimate of drug-likeness (QED) is 0.556. The molecule has 1 aromatic carbocycles. The van der Waals surface area contributed by atoms with E-state index in [1.165, 1.54) is 16.5 Å². The Morgan fingerprint density at radius 3 is 2.41 bits per heavy atom. The number of rotatable bonds is 5. The summed E-state index contributed by atoms with van der Waals surface area (Å²) in [4.78, 5) is 39.6. The third-order valence-corrected chi connectivity index (χ3v) is 7.72. The second-order valence-electron chi connectivity index (χ2n) is 10.0. The summed E-state index contributed by atoms with van der Waals surface area (Å²) >= 11 is 1.56. The van der Waals surface area contributed by atoms with Crippen LogP contribution in [0.25, 0.3) is 10.2 Å². The summed E-state index contributed by atoms with van der Waals surface area (Å²) in [6.07, 6.45) is 3.23. The van der Waals surface area contributed by atoms with Crippen LogP contribution in [0.4, 0.5) is 11.4 Å². The number of carbonyl (C=O) groups is 2. The van der Waals surface area contributed by atoms with Crippen molar-refractivity contribution in [2.24, 2.45) is 11.3 Å². The molecular formula is C25H31N5O3S. The van der Waals surface area contributed by atoms with Gasteiger partial charge in [-0.2, -0.15) is 4.68 Å². The molecule has 0 bridgehead atoms. The summed E-state index contributed by atoms with van der Waals surface area (Å²) in [5, 5.41) is 14.7. The van der Waals surface area contributed by atoms with Crippen molar-refractivity contribution in [3.63, 3.8) is 0 Å². The Bertz CT molecular complexity index is 1290. The van der Waals surface area contributed by atoms with Crippen molar-refractivity contribution >= 4 is 44.7 Å². The first kappa shape index (κ1) is 24.1. The molecule has 0 aliphatic heterocycles. The number of aryl methyl sites for hydroxylation is 1. The van der Waals surface area contributed by atoms with Crippen molar-refractivity contribution in [1.82, 2.24) is 15.0 Å². The molecule has 2 unspecified atom stereocenters. The van der Waals surface area contributed by atoms with E-state index in [4.69, 9.17) is 0 Å². The highest BCUT2D eigenvalue weighted by molar-refractivity contribution is 7.18. The minimum absolute atomic E-state index is 0.166. The largest absolute Gasteiger partial charge is 0.326 e. The summed E-state index contributed by atoms with van der Waals surface area (Å²) in [5.74, 6) is 0.0672. The van der Waals surface area contributed by atoms with Crippen LogP contribution in [-0.4, -0.2) is 26.8 Å². The SMILES string of the molecule is CCC(C(=O)Nc1ccc(NC(C)=O)cc1)n1nnc2sc3c(c2c1=O)CCC(C(C)(C)C)C3. The van der Waals surface area contributed by atoms with E-state index >= 15 is 0 Å². The Morgan fingerprint density at radius 2 is 1.82 bits per heavy atom. The first-order valence-corrected chi connectivity index (χ1v) is 12.5. The maximum absolute atomic E-state index is 13.5. The van der Waals surface area contributed by atoms with Gasteiger partial charge in [0.2, 0.25) is 11.8 Å². The number of benzene rings is 1. The highest BCUT2D eigenvalue weighted by Gasteiger charge is 2.32. The summed E-state index contributed by atoms with van der Waals surface area (Å²) in [7, 11) is 0. The summed E-state index contributed by atoms with van der Waals surface area (Å²) < 4.78 is 1.23. The predicted molar refractivity (Wildman–Crippen MR) is 135 cm³/mol. The van der Waals surface area contributed by atoms with Crippen molar-refractivity contribution in [1.29, 1.82) is 0 Å². The fourth-order valence-corrected chi connectivity index (χ4v) is 5.82. The zero-order valence-corrected chi connectivity index (χ0v) is 21.1. The monoisotopic (exact) mass is 481 g/mol. The van der Waals surface area contributed by atoms with Crippen LogP contribution < -0.4 is 16.2 Å². The normalized spacial score (nSPS) is 16.7. The molecule has 0 saturated carbocycles. The zero-order chi connectivity index (χ0) is 24.6. The van der Waals surface area contributed by atoms with Gasteiger partial charge in [-0.05, 0) is 66.8 Å². The summed E-state index contributed by atoms with van der Waals surface area (Å²) in [6, 6.07) is 6.04. The minimum atomic E-state index is -0.777. The lowest BCUT2D eigenvalue weighted by molar-refractivity contribution is -0.119. The zero-order valence-electron chi connectivity index (χ0n) is 20.3. The molecular weight excluding hydrogens is 450 g/mol. The maximum Gasteiger partial charge on any atom is 0.279 e. The molecule has 2 aromatic heterocycles. The Morgan fingerprint density at radius 1 is 1.18 bits per heavy atom. The van der Waals surface area contributed by atoms with E-state index in [2.05, 4.69) is 41.7 Å². The number of thiophene rings is 1. The number of aromatic nitrogens is 3. The molecule has 9 heteroatoms. The second-order valence-corrected chi connectivity index (χ2v) is 11.1. The average molecular weight is 482 g/mol. The Hall–Kier alpha value is -3.07. The molecule has 0 radical (unpaired) electrons. The molecule has 4 rings (SSSR count). The van der Waals surface area contributed by atoms with E-state index < -0.39 is 6.04 Å². The third-order valence-electron chi connectivity index (χ3n) is 6.58. The fraction of sp³-hybridized carbons (Fsp3) is 0.480. The van der Waals surface area contributed by atoms with Crippen LogP contribution in [0.15, 0.2) is 29.1 Å². The number of anilines is 2. The van der Waals surface area contributed by atoms with Crippen LogP contribution in [0.1, 0.15) is 63.9 Å². The molecule has 2 atom stereocenters. The molecule has 2 amide bonds. The number of carbonyl (C=O) groups excluding carboxylic acids is 2. The third kappa shape index (κ3) is 4.75. The van der Waals surface area contributed by atoms with Gasteiger partial charge in [0.1, 0.15) is 6.04 Å². The number of amides is 2. The minimum Gasteiger partial charge on any atom is -0.326 e. The van der Waals surface area contributed by atoms with Crippen molar-refractivity contribution in [3.8, 4) is 0 Å². The van der Waals surface area contributed by atoms with Crippen molar-refractivity contribution < 1.29 is 9.59 Å². The molecule has 1 aliphatic carbocycles. The van der Waals surface area contributed by atoms with Crippen molar-refractivity contribution in [2.45, 2.75) is 66.3 Å². The number of nitrogens with zero attached hydrogens (tertiary/aromatic N) is 3. The first-order chi connectivity index (χ1) is 16.1. The molecule has 2 N–H and O–H groups in total. The van der Waals surface area contributed by atoms with Gasteiger partial charge in [0.25, 0.3) is 5.56 Å². The Labute approximate surface area is 202 Å². The van der Waals surface area contributed by atoms with Gasteiger partial charge in [-0.25, -0.2) is 0 Å². The van der Waals surface area contributed by atoms with Crippen LogP contribution in [-0.2, 0) is 22.4 Å². The smallest absolute Gasteiger partial charge is 0.279 e. The number of nitrogens with one attached hydrogen (secondary N) is 2. The van der Waals surface area contributed by atoms with Gasteiger partial charge < -0.3 is 10.6 Å². The Balaban J connectivity index is 1.60. The van der Waals surface area contributed by atoms with Gasteiger partial charge in [-0.3, -0.25) is 14.4 Å². The van der Waals surface area contributed by atoms with Gasteiger partial charge >= 0.3 is 0 Å². The number of hydrogen-bond acceptors (Lipinski definition) is 6. The van der Waals surface area contributed by atoms with Gasteiger partial charge in [-0.15, -0.1) is 16.4 Å². The van der Waals surface area contributed by atoms with Crippen LogP contribution >= 0.6 is 11.3 Å². The molecule has 34 heavy (non-hydrogen) atoms. The number of hydrogen-bond donors (Lipinski definition) is 2. The van der Waals surface area contributed by atoms with Gasteiger partial charge in [-0.1, -0.05) is 32.9 Å². The predicted octanol–water partition coefficient (Wildman–Crippen LogP) is 4.55. The lowest BCUT2D eigenvalue weighted by atomic mass is 9.72. The maximum atomic E-state index is 13.5.